The maximum Gasteiger partial charge on any atom is 0.147 e. The highest BCUT2D eigenvalue weighted by molar-refractivity contribution is 7.98. The molecule has 0 saturated heterocycles. The first kappa shape index (κ1) is 15.2. The normalized spacial score (nSPS) is 11.2. The van der Waals surface area contributed by atoms with Crippen LogP contribution >= 0.6 is 11.8 Å². The van der Waals surface area contributed by atoms with Crippen LogP contribution in [0.25, 0.3) is 0 Å². The number of hydrogen-bond donors (Lipinski definition) is 1. The van der Waals surface area contributed by atoms with Crippen LogP contribution < -0.4 is 5.73 Å². The molecule has 0 aliphatic rings. The molecule has 1 atom stereocenters. The number of benzene rings is 1. The minimum absolute atomic E-state index is 0.0607. The third kappa shape index (κ3) is 6.64. The van der Waals surface area contributed by atoms with Crippen LogP contribution in [0.5, 0.6) is 0 Å². The maximum atomic E-state index is 10.8. The second-order valence-corrected chi connectivity index (χ2v) is 4.25. The van der Waals surface area contributed by atoms with Crippen LogP contribution in [0.3, 0.4) is 0 Å². The van der Waals surface area contributed by atoms with Gasteiger partial charge in [0, 0.05) is 11.5 Å². The van der Waals surface area contributed by atoms with Gasteiger partial charge in [-0.25, -0.2) is 0 Å². The summed E-state index contributed by atoms with van der Waals surface area (Å²) in [6.45, 7) is 5.54. The van der Waals surface area contributed by atoms with Crippen LogP contribution in [0.1, 0.15) is 26.3 Å². The van der Waals surface area contributed by atoms with E-state index < -0.39 is 0 Å². The summed E-state index contributed by atoms with van der Waals surface area (Å²) in [5.41, 5.74) is 6.88. The van der Waals surface area contributed by atoms with E-state index in [2.05, 4.69) is 12.1 Å². The molecule has 2 nitrogen and oxygen atoms in total. The lowest BCUT2D eigenvalue weighted by Crippen LogP contribution is -2.30. The number of carbonyl (C=O) groups excluding carboxylic acids is 1. The zero-order valence-corrected chi connectivity index (χ0v) is 11.1. The van der Waals surface area contributed by atoms with Crippen LogP contribution in [-0.4, -0.2) is 17.6 Å². The molecule has 2 N–H and O–H groups in total. The van der Waals surface area contributed by atoms with Gasteiger partial charge in [-0.05, 0) is 12.5 Å². The zero-order valence-electron chi connectivity index (χ0n) is 10.3. The number of rotatable bonds is 5. The number of Topliss-reactive ketones (excluding diaryl/α,β-unsaturated/α-hetero) is 1. The molecule has 1 aromatic rings. The monoisotopic (exact) mass is 239 g/mol. The summed E-state index contributed by atoms with van der Waals surface area (Å²) in [5, 5.41) is 0. The van der Waals surface area contributed by atoms with Gasteiger partial charge in [0.05, 0.1) is 6.04 Å². The Balaban J connectivity index is 0.00000106. The van der Waals surface area contributed by atoms with E-state index in [-0.39, 0.29) is 11.8 Å². The van der Waals surface area contributed by atoms with E-state index in [9.17, 15) is 4.79 Å². The highest BCUT2D eigenvalue weighted by atomic mass is 32.2. The van der Waals surface area contributed by atoms with Crippen LogP contribution in [-0.2, 0) is 10.5 Å². The summed E-state index contributed by atoms with van der Waals surface area (Å²) in [4.78, 5) is 10.8. The summed E-state index contributed by atoms with van der Waals surface area (Å²) in [6.07, 6.45) is 0. The van der Waals surface area contributed by atoms with Gasteiger partial charge in [0.2, 0.25) is 0 Å². The molecule has 0 radical (unpaired) electrons. The van der Waals surface area contributed by atoms with Crippen molar-refractivity contribution in [3.05, 3.63) is 35.9 Å². The second-order valence-electron chi connectivity index (χ2n) is 3.22. The number of nitrogens with two attached hydrogens (primary N) is 1. The first-order chi connectivity index (χ1) is 7.70. The van der Waals surface area contributed by atoms with Gasteiger partial charge in [-0.1, -0.05) is 44.2 Å². The SMILES string of the molecule is CC.CC(=O)C(N)CSCc1ccccc1. The molecule has 1 rings (SSSR count). The Morgan fingerprint density at radius 2 is 1.88 bits per heavy atom. The average Bonchev–Trinajstić information content (AvgIpc) is 2.33. The Bertz CT molecular complexity index is 287. The fourth-order valence-corrected chi connectivity index (χ4v) is 2.03. The molecule has 0 heterocycles. The van der Waals surface area contributed by atoms with Crippen molar-refractivity contribution in [2.75, 3.05) is 5.75 Å². The Kier molecular flexibility index (Phi) is 8.96. The van der Waals surface area contributed by atoms with Crippen molar-refractivity contribution in [3.63, 3.8) is 0 Å². The van der Waals surface area contributed by atoms with Gasteiger partial charge < -0.3 is 5.73 Å². The lowest BCUT2D eigenvalue weighted by Gasteiger charge is -2.06. The quantitative estimate of drug-likeness (QED) is 0.859. The molecule has 1 aromatic carbocycles. The molecule has 16 heavy (non-hydrogen) atoms. The molecule has 0 aromatic heterocycles. The summed E-state index contributed by atoms with van der Waals surface area (Å²) in [7, 11) is 0. The minimum atomic E-state index is -0.316. The standard InChI is InChI=1S/C11H15NOS.C2H6/c1-9(13)11(12)8-14-7-10-5-3-2-4-6-10;1-2/h2-6,11H,7-8,12H2,1H3;1-2H3. The Labute approximate surface area is 103 Å². The van der Waals surface area contributed by atoms with Crippen LogP contribution in [0.2, 0.25) is 0 Å². The Morgan fingerprint density at radius 3 is 2.38 bits per heavy atom. The van der Waals surface area contributed by atoms with Gasteiger partial charge >= 0.3 is 0 Å². The smallest absolute Gasteiger partial charge is 0.147 e. The van der Waals surface area contributed by atoms with Crippen molar-refractivity contribution in [1.29, 1.82) is 0 Å². The summed E-state index contributed by atoms with van der Waals surface area (Å²) in [6, 6.07) is 9.86. The maximum absolute atomic E-state index is 10.8. The predicted octanol–water partition coefficient (Wildman–Crippen LogP) is 2.86. The van der Waals surface area contributed by atoms with Crippen molar-refractivity contribution in [1.82, 2.24) is 0 Å². The topological polar surface area (TPSA) is 43.1 Å². The van der Waals surface area contributed by atoms with E-state index in [1.807, 2.05) is 32.0 Å². The second kappa shape index (κ2) is 9.43. The molecule has 0 aliphatic carbocycles. The first-order valence-corrected chi connectivity index (χ1v) is 6.73. The molecule has 0 aliphatic heterocycles. The van der Waals surface area contributed by atoms with Crippen molar-refractivity contribution in [2.24, 2.45) is 5.73 Å². The Morgan fingerprint density at radius 1 is 1.31 bits per heavy atom. The van der Waals surface area contributed by atoms with E-state index in [1.165, 1.54) is 12.5 Å². The minimum Gasteiger partial charge on any atom is -0.321 e. The molecular weight excluding hydrogens is 218 g/mol. The molecule has 90 valence electrons. The van der Waals surface area contributed by atoms with Crippen LogP contribution in [0.4, 0.5) is 0 Å². The summed E-state index contributed by atoms with van der Waals surface area (Å²) < 4.78 is 0. The highest BCUT2D eigenvalue weighted by Crippen LogP contribution is 2.12. The number of thioether (sulfide) groups is 1. The van der Waals surface area contributed by atoms with E-state index in [0.29, 0.717) is 5.75 Å². The van der Waals surface area contributed by atoms with Gasteiger partial charge in [-0.15, -0.1) is 0 Å². The van der Waals surface area contributed by atoms with Gasteiger partial charge in [0.1, 0.15) is 5.78 Å². The molecule has 1 unspecified atom stereocenters. The fourth-order valence-electron chi connectivity index (χ4n) is 0.995. The molecule has 0 saturated carbocycles. The van der Waals surface area contributed by atoms with Crippen LogP contribution in [0.15, 0.2) is 30.3 Å². The zero-order chi connectivity index (χ0) is 12.4. The first-order valence-electron chi connectivity index (χ1n) is 5.58. The van der Waals surface area contributed by atoms with E-state index >= 15 is 0 Å². The number of ketones is 1. The number of hydrogen-bond acceptors (Lipinski definition) is 3. The molecular formula is C13H21NOS. The average molecular weight is 239 g/mol. The van der Waals surface area contributed by atoms with Crippen molar-refractivity contribution >= 4 is 17.5 Å². The largest absolute Gasteiger partial charge is 0.321 e. The number of carbonyl (C=O) groups is 1. The third-order valence-corrected chi connectivity index (χ3v) is 3.06. The van der Waals surface area contributed by atoms with Crippen molar-refractivity contribution in [2.45, 2.75) is 32.6 Å². The summed E-state index contributed by atoms with van der Waals surface area (Å²) in [5.74, 6) is 1.68. The molecule has 0 amide bonds. The van der Waals surface area contributed by atoms with E-state index in [1.54, 1.807) is 11.8 Å². The molecule has 0 spiro atoms. The predicted molar refractivity (Wildman–Crippen MR) is 72.6 cm³/mol. The highest BCUT2D eigenvalue weighted by Gasteiger charge is 2.07. The third-order valence-electron chi connectivity index (χ3n) is 1.93. The lowest BCUT2D eigenvalue weighted by atomic mass is 10.2. The fraction of sp³-hybridized carbons (Fsp3) is 0.462. The van der Waals surface area contributed by atoms with E-state index in [4.69, 9.17) is 5.73 Å². The molecule has 3 heteroatoms. The van der Waals surface area contributed by atoms with Gasteiger partial charge in [-0.3, -0.25) is 4.79 Å². The van der Waals surface area contributed by atoms with Crippen molar-refractivity contribution < 1.29 is 4.79 Å². The van der Waals surface area contributed by atoms with Gasteiger partial charge in [0.15, 0.2) is 0 Å². The molecule has 0 bridgehead atoms. The summed E-state index contributed by atoms with van der Waals surface area (Å²) >= 11 is 1.70. The Hall–Kier alpha value is -0.800. The lowest BCUT2D eigenvalue weighted by molar-refractivity contribution is -0.117. The van der Waals surface area contributed by atoms with Crippen molar-refractivity contribution in [3.8, 4) is 0 Å². The molecule has 0 fully saturated rings. The van der Waals surface area contributed by atoms with Gasteiger partial charge in [0.25, 0.3) is 0 Å². The van der Waals surface area contributed by atoms with Gasteiger partial charge in [-0.2, -0.15) is 11.8 Å². The van der Waals surface area contributed by atoms with Crippen LogP contribution in [0, 0.1) is 0 Å². The van der Waals surface area contributed by atoms with E-state index in [0.717, 1.165) is 5.75 Å².